The lowest BCUT2D eigenvalue weighted by Crippen LogP contribution is -2.20. The molecule has 16 heavy (non-hydrogen) atoms. The largest absolute Gasteiger partial charge is 0.354 e. The van der Waals surface area contributed by atoms with Crippen molar-refractivity contribution < 1.29 is 4.21 Å². The van der Waals surface area contributed by atoms with Crippen LogP contribution >= 0.6 is 0 Å². The molecule has 4 heteroatoms. The molecule has 0 fully saturated rings. The van der Waals surface area contributed by atoms with Crippen molar-refractivity contribution in [3.8, 4) is 0 Å². The van der Waals surface area contributed by atoms with E-state index in [2.05, 4.69) is 35.3 Å². The van der Waals surface area contributed by atoms with Gasteiger partial charge in [0.15, 0.2) is 0 Å². The van der Waals surface area contributed by atoms with Gasteiger partial charge in [0.1, 0.15) is 0 Å². The monoisotopic (exact) mass is 242 g/mol. The first-order valence-electron chi connectivity index (χ1n) is 5.81. The first-order chi connectivity index (χ1) is 7.63. The van der Waals surface area contributed by atoms with Gasteiger partial charge >= 0.3 is 0 Å². The van der Waals surface area contributed by atoms with Crippen LogP contribution in [-0.2, 0) is 23.9 Å². The van der Waals surface area contributed by atoms with Gasteiger partial charge in [-0.15, -0.1) is 0 Å². The van der Waals surface area contributed by atoms with Crippen molar-refractivity contribution in [1.29, 1.82) is 0 Å². The van der Waals surface area contributed by atoms with E-state index < -0.39 is 10.8 Å². The Balaban J connectivity index is 2.18. The molecule has 2 unspecified atom stereocenters. The van der Waals surface area contributed by atoms with Crippen molar-refractivity contribution in [2.24, 2.45) is 0 Å². The lowest BCUT2D eigenvalue weighted by atomic mass is 10.3. The normalized spacial score (nSPS) is 14.9. The molecule has 92 valence electrons. The first kappa shape index (κ1) is 13.5. The fraction of sp³-hybridized carbons (Fsp3) is 0.667. The van der Waals surface area contributed by atoms with Crippen molar-refractivity contribution in [3.05, 3.63) is 24.0 Å². The Labute approximate surface area is 101 Å². The summed E-state index contributed by atoms with van der Waals surface area (Å²) in [6.07, 6.45) is 7.00. The Kier molecular flexibility index (Phi) is 5.77. The summed E-state index contributed by atoms with van der Waals surface area (Å²) < 4.78 is 13.3. The van der Waals surface area contributed by atoms with Crippen LogP contribution in [0, 0.1) is 0 Å². The van der Waals surface area contributed by atoms with Gasteiger partial charge in [-0.05, 0) is 31.5 Å². The van der Waals surface area contributed by atoms with Crippen molar-refractivity contribution in [2.75, 3.05) is 12.8 Å². The van der Waals surface area contributed by atoms with Crippen molar-refractivity contribution in [1.82, 2.24) is 9.88 Å². The predicted octanol–water partition coefficient (Wildman–Crippen LogP) is 1.75. The SMILES string of the molecule is CCn1ccc(CNCCC(C)S(C)=O)c1. The summed E-state index contributed by atoms with van der Waals surface area (Å²) >= 11 is 0. The Morgan fingerprint density at radius 3 is 2.88 bits per heavy atom. The van der Waals surface area contributed by atoms with E-state index in [4.69, 9.17) is 0 Å². The number of aryl methyl sites for hydroxylation is 1. The molecule has 2 atom stereocenters. The van der Waals surface area contributed by atoms with Gasteiger partial charge in [-0.25, -0.2) is 0 Å². The highest BCUT2D eigenvalue weighted by Gasteiger charge is 2.04. The molecule has 0 amide bonds. The molecule has 0 bridgehead atoms. The second-order valence-electron chi connectivity index (χ2n) is 4.12. The minimum absolute atomic E-state index is 0.285. The molecule has 0 radical (unpaired) electrons. The summed E-state index contributed by atoms with van der Waals surface area (Å²) in [6, 6.07) is 2.14. The molecule has 0 aliphatic heterocycles. The maximum absolute atomic E-state index is 11.1. The summed E-state index contributed by atoms with van der Waals surface area (Å²) in [6.45, 7) is 7.01. The number of rotatable bonds is 7. The van der Waals surface area contributed by atoms with Crippen LogP contribution < -0.4 is 5.32 Å². The van der Waals surface area contributed by atoms with Crippen LogP contribution in [0.1, 0.15) is 25.8 Å². The maximum Gasteiger partial charge on any atom is 0.0329 e. The van der Waals surface area contributed by atoms with Crippen molar-refractivity contribution in [2.45, 2.75) is 38.6 Å². The maximum atomic E-state index is 11.1. The molecule has 0 spiro atoms. The smallest absolute Gasteiger partial charge is 0.0329 e. The quantitative estimate of drug-likeness (QED) is 0.739. The van der Waals surface area contributed by atoms with Gasteiger partial charge in [0.05, 0.1) is 0 Å². The van der Waals surface area contributed by atoms with Gasteiger partial charge in [0, 0.05) is 47.8 Å². The van der Waals surface area contributed by atoms with E-state index in [0.717, 1.165) is 26.1 Å². The Morgan fingerprint density at radius 2 is 2.31 bits per heavy atom. The van der Waals surface area contributed by atoms with Crippen LogP contribution in [0.5, 0.6) is 0 Å². The number of nitrogens with one attached hydrogen (secondary N) is 1. The molecular weight excluding hydrogens is 220 g/mol. The minimum atomic E-state index is -0.700. The van der Waals surface area contributed by atoms with Crippen LogP contribution in [0.25, 0.3) is 0 Å². The average molecular weight is 242 g/mol. The lowest BCUT2D eigenvalue weighted by molar-refractivity contribution is 0.628. The molecule has 0 aliphatic rings. The second-order valence-corrected chi connectivity index (χ2v) is 5.93. The van der Waals surface area contributed by atoms with Crippen molar-refractivity contribution in [3.63, 3.8) is 0 Å². The van der Waals surface area contributed by atoms with E-state index in [1.54, 1.807) is 6.26 Å². The topological polar surface area (TPSA) is 34.0 Å². The average Bonchev–Trinajstić information content (AvgIpc) is 2.71. The van der Waals surface area contributed by atoms with Gasteiger partial charge in [-0.2, -0.15) is 0 Å². The molecule has 1 N–H and O–H groups in total. The number of hydrogen-bond donors (Lipinski definition) is 1. The summed E-state index contributed by atoms with van der Waals surface area (Å²) in [5, 5.41) is 3.66. The summed E-state index contributed by atoms with van der Waals surface area (Å²) in [4.78, 5) is 0. The first-order valence-corrected chi connectivity index (χ1v) is 7.43. The van der Waals surface area contributed by atoms with E-state index in [-0.39, 0.29) is 5.25 Å². The summed E-state index contributed by atoms with van der Waals surface area (Å²) in [5.41, 5.74) is 1.31. The predicted molar refractivity (Wildman–Crippen MR) is 70.0 cm³/mol. The highest BCUT2D eigenvalue weighted by molar-refractivity contribution is 7.84. The molecule has 1 heterocycles. The standard InChI is InChI=1S/C12H22N2OS/c1-4-14-8-6-12(10-14)9-13-7-5-11(2)16(3)15/h6,8,10-11,13H,4-5,7,9H2,1-3H3. The second kappa shape index (κ2) is 6.86. The third-order valence-corrected chi connectivity index (χ3v) is 4.17. The van der Waals surface area contributed by atoms with Gasteiger partial charge < -0.3 is 9.88 Å². The van der Waals surface area contributed by atoms with E-state index >= 15 is 0 Å². The van der Waals surface area contributed by atoms with E-state index in [1.165, 1.54) is 5.56 Å². The van der Waals surface area contributed by atoms with E-state index in [0.29, 0.717) is 0 Å². The number of hydrogen-bond acceptors (Lipinski definition) is 2. The third-order valence-electron chi connectivity index (χ3n) is 2.80. The number of nitrogens with zero attached hydrogens (tertiary/aromatic N) is 1. The minimum Gasteiger partial charge on any atom is -0.354 e. The van der Waals surface area contributed by atoms with Crippen LogP contribution in [-0.4, -0.2) is 26.8 Å². The Morgan fingerprint density at radius 1 is 1.56 bits per heavy atom. The van der Waals surface area contributed by atoms with E-state index in [1.807, 2.05) is 6.92 Å². The van der Waals surface area contributed by atoms with Crippen LogP contribution in [0.4, 0.5) is 0 Å². The molecule has 0 saturated heterocycles. The molecule has 0 aromatic carbocycles. The van der Waals surface area contributed by atoms with Crippen molar-refractivity contribution >= 4 is 10.8 Å². The molecule has 3 nitrogen and oxygen atoms in total. The zero-order valence-corrected chi connectivity index (χ0v) is 11.2. The third kappa shape index (κ3) is 4.49. The van der Waals surface area contributed by atoms with Crippen LogP contribution in [0.2, 0.25) is 0 Å². The summed E-state index contributed by atoms with van der Waals surface area (Å²) in [5.74, 6) is 0. The fourth-order valence-corrected chi connectivity index (χ4v) is 1.95. The van der Waals surface area contributed by atoms with Gasteiger partial charge in [0.2, 0.25) is 0 Å². The molecule has 1 aromatic heterocycles. The summed E-state index contributed by atoms with van der Waals surface area (Å²) in [7, 11) is -0.700. The highest BCUT2D eigenvalue weighted by atomic mass is 32.2. The van der Waals surface area contributed by atoms with Crippen LogP contribution in [0.3, 0.4) is 0 Å². The van der Waals surface area contributed by atoms with Gasteiger partial charge in [-0.3, -0.25) is 4.21 Å². The molecule has 1 rings (SSSR count). The molecule has 1 aromatic rings. The number of aromatic nitrogens is 1. The fourth-order valence-electron chi connectivity index (χ4n) is 1.50. The molecule has 0 aliphatic carbocycles. The highest BCUT2D eigenvalue weighted by Crippen LogP contribution is 2.01. The zero-order chi connectivity index (χ0) is 12.0. The van der Waals surface area contributed by atoms with Crippen LogP contribution in [0.15, 0.2) is 18.5 Å². The Hall–Kier alpha value is -0.610. The van der Waals surface area contributed by atoms with E-state index in [9.17, 15) is 4.21 Å². The van der Waals surface area contributed by atoms with Gasteiger partial charge in [-0.1, -0.05) is 6.92 Å². The molecular formula is C12H22N2OS. The molecule has 0 saturated carbocycles. The Bertz CT molecular complexity index is 336. The van der Waals surface area contributed by atoms with Gasteiger partial charge in [0.25, 0.3) is 0 Å². The lowest BCUT2D eigenvalue weighted by Gasteiger charge is -2.08. The zero-order valence-electron chi connectivity index (χ0n) is 10.4.